The number of anilines is 1. The Morgan fingerprint density at radius 1 is 0.880 bits per heavy atom. The van der Waals surface area contributed by atoms with Gasteiger partial charge in [-0.1, -0.05) is 65.2 Å². The third kappa shape index (κ3) is 5.15. The van der Waals surface area contributed by atoms with Crippen LogP contribution in [-0.2, 0) is 13.2 Å². The van der Waals surface area contributed by atoms with Crippen LogP contribution in [0.3, 0.4) is 0 Å². The lowest BCUT2D eigenvalue weighted by molar-refractivity contribution is 0.306. The van der Waals surface area contributed by atoms with Gasteiger partial charge in [-0.3, -0.25) is 0 Å². The topological polar surface area (TPSA) is 21.3 Å². The summed E-state index contributed by atoms with van der Waals surface area (Å²) in [5.41, 5.74) is 4.42. The first-order valence-electron chi connectivity index (χ1n) is 8.06. The van der Waals surface area contributed by atoms with E-state index < -0.39 is 0 Å². The maximum atomic E-state index is 6.16. The van der Waals surface area contributed by atoms with Crippen LogP contribution in [0.15, 0.2) is 66.7 Å². The zero-order valence-electron chi connectivity index (χ0n) is 13.9. The summed E-state index contributed by atoms with van der Waals surface area (Å²) in [6.07, 6.45) is 0. The third-order valence-corrected chi connectivity index (χ3v) is 4.37. The zero-order valence-corrected chi connectivity index (χ0v) is 15.4. The molecular weight excluding hydrogens is 353 g/mol. The number of halogens is 2. The van der Waals surface area contributed by atoms with Gasteiger partial charge in [-0.05, 0) is 48.4 Å². The Morgan fingerprint density at radius 2 is 1.68 bits per heavy atom. The van der Waals surface area contributed by atoms with Crippen molar-refractivity contribution >= 4 is 28.9 Å². The van der Waals surface area contributed by atoms with Gasteiger partial charge in [-0.25, -0.2) is 0 Å². The molecule has 0 amide bonds. The largest absolute Gasteiger partial charge is 0.489 e. The van der Waals surface area contributed by atoms with Crippen molar-refractivity contribution in [3.63, 3.8) is 0 Å². The Balaban J connectivity index is 1.55. The predicted molar refractivity (Wildman–Crippen MR) is 106 cm³/mol. The minimum absolute atomic E-state index is 0.569. The molecule has 25 heavy (non-hydrogen) atoms. The van der Waals surface area contributed by atoms with E-state index in [1.807, 2.05) is 42.5 Å². The highest BCUT2D eigenvalue weighted by Crippen LogP contribution is 2.26. The quantitative estimate of drug-likeness (QED) is 0.534. The summed E-state index contributed by atoms with van der Waals surface area (Å²) >= 11 is 12.1. The van der Waals surface area contributed by atoms with Gasteiger partial charge in [0, 0.05) is 11.6 Å². The van der Waals surface area contributed by atoms with Gasteiger partial charge in [-0.15, -0.1) is 0 Å². The molecule has 0 spiro atoms. The predicted octanol–water partition coefficient (Wildman–Crippen LogP) is 6.49. The lowest BCUT2D eigenvalue weighted by atomic mass is 10.1. The van der Waals surface area contributed by atoms with Crippen LogP contribution in [0.2, 0.25) is 10.0 Å². The third-order valence-electron chi connectivity index (χ3n) is 3.83. The Bertz CT molecular complexity index is 847. The molecule has 0 atom stereocenters. The second-order valence-corrected chi connectivity index (χ2v) is 6.74. The van der Waals surface area contributed by atoms with Gasteiger partial charge in [-0.2, -0.15) is 0 Å². The van der Waals surface area contributed by atoms with Crippen LogP contribution in [0.25, 0.3) is 0 Å². The van der Waals surface area contributed by atoms with Crippen LogP contribution >= 0.6 is 23.2 Å². The first-order chi connectivity index (χ1) is 12.1. The Kier molecular flexibility index (Phi) is 5.85. The Hall–Kier alpha value is -2.16. The van der Waals surface area contributed by atoms with Crippen molar-refractivity contribution in [2.45, 2.75) is 20.1 Å². The van der Waals surface area contributed by atoms with Crippen molar-refractivity contribution in [3.8, 4) is 5.75 Å². The van der Waals surface area contributed by atoms with E-state index in [1.165, 1.54) is 11.1 Å². The zero-order chi connectivity index (χ0) is 17.6. The van der Waals surface area contributed by atoms with Crippen molar-refractivity contribution in [2.24, 2.45) is 0 Å². The number of hydrogen-bond acceptors (Lipinski definition) is 2. The number of ether oxygens (including phenoxy) is 1. The molecule has 0 aliphatic heterocycles. The van der Waals surface area contributed by atoms with Gasteiger partial charge < -0.3 is 10.1 Å². The van der Waals surface area contributed by atoms with E-state index in [0.717, 1.165) is 17.0 Å². The number of aryl methyl sites for hydroxylation is 1. The molecule has 0 aliphatic rings. The van der Waals surface area contributed by atoms with Crippen molar-refractivity contribution in [3.05, 3.63) is 93.5 Å². The molecule has 0 fully saturated rings. The number of rotatable bonds is 6. The van der Waals surface area contributed by atoms with Crippen molar-refractivity contribution < 1.29 is 4.74 Å². The number of benzene rings is 3. The van der Waals surface area contributed by atoms with E-state index in [1.54, 1.807) is 6.07 Å². The normalized spacial score (nSPS) is 10.5. The molecule has 0 aromatic heterocycles. The lowest BCUT2D eigenvalue weighted by Gasteiger charge is -2.10. The molecule has 4 heteroatoms. The fourth-order valence-corrected chi connectivity index (χ4v) is 2.98. The van der Waals surface area contributed by atoms with Gasteiger partial charge >= 0.3 is 0 Å². The Morgan fingerprint density at radius 3 is 2.40 bits per heavy atom. The fraction of sp³-hybridized carbons (Fsp3) is 0.143. The van der Waals surface area contributed by atoms with E-state index in [0.29, 0.717) is 23.2 Å². The van der Waals surface area contributed by atoms with Crippen LogP contribution in [0.5, 0.6) is 5.75 Å². The minimum atomic E-state index is 0.569. The molecule has 0 aliphatic carbocycles. The number of hydrogen-bond donors (Lipinski definition) is 1. The van der Waals surface area contributed by atoms with Crippen LogP contribution in [0.4, 0.5) is 5.69 Å². The fourth-order valence-electron chi connectivity index (χ4n) is 2.50. The molecule has 3 aromatic carbocycles. The first kappa shape index (κ1) is 17.7. The Labute approximate surface area is 158 Å². The van der Waals surface area contributed by atoms with E-state index in [-0.39, 0.29) is 0 Å². The number of nitrogens with one attached hydrogen (secondary N) is 1. The summed E-state index contributed by atoms with van der Waals surface area (Å²) in [5.74, 6) is 0.856. The first-order valence-corrected chi connectivity index (χ1v) is 8.82. The highest BCUT2D eigenvalue weighted by molar-refractivity contribution is 6.36. The molecule has 3 aromatic rings. The minimum Gasteiger partial charge on any atom is -0.489 e. The van der Waals surface area contributed by atoms with E-state index in [2.05, 4.69) is 30.4 Å². The molecule has 0 saturated heterocycles. The molecule has 0 saturated carbocycles. The molecule has 128 valence electrons. The van der Waals surface area contributed by atoms with E-state index in [4.69, 9.17) is 27.9 Å². The molecule has 0 heterocycles. The molecule has 2 nitrogen and oxygen atoms in total. The van der Waals surface area contributed by atoms with Gasteiger partial charge in [0.05, 0.1) is 10.7 Å². The second-order valence-electron chi connectivity index (χ2n) is 5.90. The second kappa shape index (κ2) is 8.28. The summed E-state index contributed by atoms with van der Waals surface area (Å²) in [6.45, 7) is 3.33. The van der Waals surface area contributed by atoms with Crippen LogP contribution in [0, 0.1) is 6.92 Å². The average molecular weight is 372 g/mol. The standard InChI is InChI=1S/C21H19Cl2NO/c1-15-3-2-4-17(11-15)14-25-19-8-5-16(6-9-19)13-24-21-10-7-18(22)12-20(21)23/h2-12,24H,13-14H2,1H3. The summed E-state index contributed by atoms with van der Waals surface area (Å²) in [7, 11) is 0. The average Bonchev–Trinajstić information content (AvgIpc) is 2.60. The van der Waals surface area contributed by atoms with E-state index >= 15 is 0 Å². The van der Waals surface area contributed by atoms with Crippen LogP contribution in [0.1, 0.15) is 16.7 Å². The maximum Gasteiger partial charge on any atom is 0.119 e. The van der Waals surface area contributed by atoms with Crippen LogP contribution in [-0.4, -0.2) is 0 Å². The van der Waals surface area contributed by atoms with Crippen molar-refractivity contribution in [1.29, 1.82) is 0 Å². The lowest BCUT2D eigenvalue weighted by Crippen LogP contribution is -2.00. The summed E-state index contributed by atoms with van der Waals surface area (Å²) in [4.78, 5) is 0. The maximum absolute atomic E-state index is 6.16. The van der Waals surface area contributed by atoms with Gasteiger partial charge in [0.2, 0.25) is 0 Å². The van der Waals surface area contributed by atoms with Gasteiger partial charge in [0.15, 0.2) is 0 Å². The SMILES string of the molecule is Cc1cccc(COc2ccc(CNc3ccc(Cl)cc3Cl)cc2)c1. The molecule has 0 bridgehead atoms. The molecule has 0 radical (unpaired) electrons. The molecular formula is C21H19Cl2NO. The molecule has 0 unspecified atom stereocenters. The highest BCUT2D eigenvalue weighted by Gasteiger charge is 2.02. The summed E-state index contributed by atoms with van der Waals surface area (Å²) in [5, 5.41) is 4.56. The van der Waals surface area contributed by atoms with Crippen molar-refractivity contribution in [1.82, 2.24) is 0 Å². The summed E-state index contributed by atoms with van der Waals surface area (Å²) < 4.78 is 5.84. The van der Waals surface area contributed by atoms with E-state index in [9.17, 15) is 0 Å². The van der Waals surface area contributed by atoms with Gasteiger partial charge in [0.1, 0.15) is 12.4 Å². The van der Waals surface area contributed by atoms with Gasteiger partial charge in [0.25, 0.3) is 0 Å². The monoisotopic (exact) mass is 371 g/mol. The van der Waals surface area contributed by atoms with Crippen molar-refractivity contribution in [2.75, 3.05) is 5.32 Å². The summed E-state index contributed by atoms with van der Waals surface area (Å²) in [6, 6.07) is 21.8. The van der Waals surface area contributed by atoms with Crippen LogP contribution < -0.4 is 10.1 Å². The smallest absolute Gasteiger partial charge is 0.119 e. The molecule has 1 N–H and O–H groups in total. The molecule has 3 rings (SSSR count). The highest BCUT2D eigenvalue weighted by atomic mass is 35.5.